The second kappa shape index (κ2) is 5.65. The first kappa shape index (κ1) is 13.9. The summed E-state index contributed by atoms with van der Waals surface area (Å²) in [7, 11) is 0. The Labute approximate surface area is 110 Å². The second-order valence-corrected chi connectivity index (χ2v) is 5.08. The number of benzene rings is 1. The molecular formula is C14H17F2NO2. The molecule has 0 aliphatic heterocycles. The summed E-state index contributed by atoms with van der Waals surface area (Å²) in [5.74, 6) is -1.78. The summed E-state index contributed by atoms with van der Waals surface area (Å²) in [5, 5.41) is 8.92. The van der Waals surface area contributed by atoms with E-state index in [0.29, 0.717) is 12.5 Å². The number of carboxylic acid groups (broad SMARTS) is 1. The molecule has 1 fully saturated rings. The van der Waals surface area contributed by atoms with Crippen molar-refractivity contribution in [1.82, 2.24) is 4.90 Å². The maximum atomic E-state index is 13.7. The molecule has 1 aliphatic rings. The van der Waals surface area contributed by atoms with Gasteiger partial charge < -0.3 is 5.11 Å². The predicted molar refractivity (Wildman–Crippen MR) is 66.7 cm³/mol. The Kier molecular flexibility index (Phi) is 4.14. The van der Waals surface area contributed by atoms with Crippen LogP contribution in [-0.2, 0) is 4.79 Å². The van der Waals surface area contributed by atoms with Gasteiger partial charge in [0.25, 0.3) is 0 Å². The van der Waals surface area contributed by atoms with Crippen molar-refractivity contribution in [2.45, 2.75) is 25.8 Å². The largest absolute Gasteiger partial charge is 0.480 e. The third kappa shape index (κ3) is 3.50. The Morgan fingerprint density at radius 1 is 1.42 bits per heavy atom. The average molecular weight is 269 g/mol. The molecule has 1 N–H and O–H groups in total. The highest BCUT2D eigenvalue weighted by Gasteiger charge is 2.30. The standard InChI is InChI=1S/C14H17F2NO2/c1-9(14-11(15)3-2-4-12(14)16)17(8-13(18)19)7-10-5-6-10/h2-4,9-10H,5-8H2,1H3,(H,18,19). The molecule has 0 saturated heterocycles. The van der Waals surface area contributed by atoms with Crippen molar-refractivity contribution < 1.29 is 18.7 Å². The molecule has 1 saturated carbocycles. The lowest BCUT2D eigenvalue weighted by molar-refractivity contribution is -0.139. The van der Waals surface area contributed by atoms with Crippen LogP contribution in [0, 0.1) is 17.6 Å². The van der Waals surface area contributed by atoms with Crippen LogP contribution in [-0.4, -0.2) is 29.1 Å². The zero-order valence-electron chi connectivity index (χ0n) is 10.8. The Morgan fingerprint density at radius 3 is 2.47 bits per heavy atom. The van der Waals surface area contributed by atoms with Gasteiger partial charge in [-0.3, -0.25) is 9.69 Å². The smallest absolute Gasteiger partial charge is 0.317 e. The number of carbonyl (C=O) groups is 1. The third-order valence-electron chi connectivity index (χ3n) is 3.49. The summed E-state index contributed by atoms with van der Waals surface area (Å²) < 4.78 is 27.5. The molecule has 0 amide bonds. The Morgan fingerprint density at radius 2 is 2.00 bits per heavy atom. The molecule has 1 aliphatic carbocycles. The van der Waals surface area contributed by atoms with Crippen molar-refractivity contribution in [2.24, 2.45) is 5.92 Å². The van der Waals surface area contributed by atoms with Gasteiger partial charge in [-0.05, 0) is 37.8 Å². The van der Waals surface area contributed by atoms with Crippen LogP contribution in [0.4, 0.5) is 8.78 Å². The predicted octanol–water partition coefficient (Wildman–Crippen LogP) is 2.82. The van der Waals surface area contributed by atoms with E-state index in [1.54, 1.807) is 11.8 Å². The number of hydrogen-bond acceptors (Lipinski definition) is 2. The van der Waals surface area contributed by atoms with Crippen molar-refractivity contribution in [2.75, 3.05) is 13.1 Å². The lowest BCUT2D eigenvalue weighted by atomic mass is 10.0. The fourth-order valence-electron chi connectivity index (χ4n) is 2.26. The molecule has 1 atom stereocenters. The Hall–Kier alpha value is -1.49. The number of nitrogens with zero attached hydrogens (tertiary/aromatic N) is 1. The third-order valence-corrected chi connectivity index (χ3v) is 3.49. The van der Waals surface area contributed by atoms with E-state index >= 15 is 0 Å². The minimum absolute atomic E-state index is 0.0515. The van der Waals surface area contributed by atoms with E-state index in [1.165, 1.54) is 18.2 Å². The van der Waals surface area contributed by atoms with Gasteiger partial charge in [0.2, 0.25) is 0 Å². The first-order valence-electron chi connectivity index (χ1n) is 6.38. The van der Waals surface area contributed by atoms with Gasteiger partial charge in [0.05, 0.1) is 6.54 Å². The molecule has 0 heterocycles. The van der Waals surface area contributed by atoms with Crippen LogP contribution in [0.3, 0.4) is 0 Å². The van der Waals surface area contributed by atoms with E-state index in [2.05, 4.69) is 0 Å². The molecule has 3 nitrogen and oxygen atoms in total. The summed E-state index contributed by atoms with van der Waals surface area (Å²) in [6, 6.07) is 3.12. The molecule has 0 bridgehead atoms. The molecule has 0 aromatic heterocycles. The maximum Gasteiger partial charge on any atom is 0.317 e. The molecule has 1 aromatic carbocycles. The van der Waals surface area contributed by atoms with Crippen molar-refractivity contribution in [3.63, 3.8) is 0 Å². The van der Waals surface area contributed by atoms with E-state index in [0.717, 1.165) is 12.8 Å². The number of carboxylic acids is 1. The molecule has 2 rings (SSSR count). The first-order chi connectivity index (χ1) is 8.99. The molecule has 19 heavy (non-hydrogen) atoms. The minimum atomic E-state index is -0.982. The lowest BCUT2D eigenvalue weighted by Gasteiger charge is -2.28. The fraction of sp³-hybridized carbons (Fsp3) is 0.500. The number of hydrogen-bond donors (Lipinski definition) is 1. The quantitative estimate of drug-likeness (QED) is 0.863. The first-order valence-corrected chi connectivity index (χ1v) is 6.38. The van der Waals surface area contributed by atoms with Crippen LogP contribution in [0.25, 0.3) is 0 Å². The Bertz CT molecular complexity index is 454. The Balaban J connectivity index is 2.21. The zero-order valence-corrected chi connectivity index (χ0v) is 10.8. The van der Waals surface area contributed by atoms with E-state index in [1.807, 2.05) is 0 Å². The summed E-state index contributed by atoms with van der Waals surface area (Å²) in [6.45, 7) is 2.01. The van der Waals surface area contributed by atoms with Crippen molar-refractivity contribution in [3.05, 3.63) is 35.4 Å². The molecule has 104 valence electrons. The van der Waals surface area contributed by atoms with Crippen LogP contribution in [0.2, 0.25) is 0 Å². The number of halogens is 2. The van der Waals surface area contributed by atoms with Crippen LogP contribution in [0.5, 0.6) is 0 Å². The summed E-state index contributed by atoms with van der Waals surface area (Å²) in [4.78, 5) is 12.5. The highest BCUT2D eigenvalue weighted by molar-refractivity contribution is 5.69. The van der Waals surface area contributed by atoms with Crippen LogP contribution < -0.4 is 0 Å². The molecule has 1 unspecified atom stereocenters. The van der Waals surface area contributed by atoms with Crippen LogP contribution in [0.1, 0.15) is 31.4 Å². The molecule has 5 heteroatoms. The van der Waals surface area contributed by atoms with Gasteiger partial charge in [0.1, 0.15) is 11.6 Å². The maximum absolute atomic E-state index is 13.7. The summed E-state index contributed by atoms with van der Waals surface area (Å²) in [5.41, 5.74) is -0.0515. The van der Waals surface area contributed by atoms with Gasteiger partial charge in [-0.15, -0.1) is 0 Å². The van der Waals surface area contributed by atoms with E-state index < -0.39 is 23.6 Å². The van der Waals surface area contributed by atoms with Crippen molar-refractivity contribution in [1.29, 1.82) is 0 Å². The summed E-state index contributed by atoms with van der Waals surface area (Å²) >= 11 is 0. The van der Waals surface area contributed by atoms with E-state index in [9.17, 15) is 13.6 Å². The number of rotatable bonds is 6. The van der Waals surface area contributed by atoms with Crippen molar-refractivity contribution in [3.8, 4) is 0 Å². The molecule has 1 aromatic rings. The van der Waals surface area contributed by atoms with Gasteiger partial charge in [-0.25, -0.2) is 8.78 Å². The SMILES string of the molecule is CC(c1c(F)cccc1F)N(CC(=O)O)CC1CC1. The van der Waals surface area contributed by atoms with Gasteiger partial charge >= 0.3 is 5.97 Å². The topological polar surface area (TPSA) is 40.5 Å². The number of aliphatic carboxylic acids is 1. The monoisotopic (exact) mass is 269 g/mol. The average Bonchev–Trinajstić information content (AvgIpc) is 3.11. The molecule has 0 spiro atoms. The second-order valence-electron chi connectivity index (χ2n) is 5.08. The highest BCUT2D eigenvalue weighted by Crippen LogP contribution is 2.33. The van der Waals surface area contributed by atoms with Gasteiger partial charge in [0.15, 0.2) is 0 Å². The molecule has 0 radical (unpaired) electrons. The fourth-order valence-corrected chi connectivity index (χ4v) is 2.26. The normalized spacial score (nSPS) is 16.6. The van der Waals surface area contributed by atoms with Crippen molar-refractivity contribution >= 4 is 5.97 Å². The summed E-state index contributed by atoms with van der Waals surface area (Å²) in [6.07, 6.45) is 2.12. The van der Waals surface area contributed by atoms with Crippen LogP contribution >= 0.6 is 0 Å². The van der Waals surface area contributed by atoms with Gasteiger partial charge in [-0.1, -0.05) is 6.07 Å². The highest BCUT2D eigenvalue weighted by atomic mass is 19.1. The van der Waals surface area contributed by atoms with E-state index in [-0.39, 0.29) is 12.1 Å². The lowest BCUT2D eigenvalue weighted by Crippen LogP contribution is -2.35. The van der Waals surface area contributed by atoms with Crippen LogP contribution in [0.15, 0.2) is 18.2 Å². The zero-order chi connectivity index (χ0) is 14.0. The van der Waals surface area contributed by atoms with E-state index in [4.69, 9.17) is 5.11 Å². The minimum Gasteiger partial charge on any atom is -0.480 e. The van der Waals surface area contributed by atoms with Gasteiger partial charge in [-0.2, -0.15) is 0 Å². The van der Waals surface area contributed by atoms with Gasteiger partial charge in [0, 0.05) is 18.2 Å². The molecular weight excluding hydrogens is 252 g/mol.